The molecule has 0 radical (unpaired) electrons. The lowest BCUT2D eigenvalue weighted by Crippen LogP contribution is -2.35. The molecule has 4 unspecified atom stereocenters. The topological polar surface area (TPSA) is 77.8 Å². The van der Waals surface area contributed by atoms with Crippen molar-refractivity contribution in [3.05, 3.63) is 34.6 Å². The second kappa shape index (κ2) is 7.88. The smallest absolute Gasteiger partial charge is 0.162 e. The van der Waals surface area contributed by atoms with Gasteiger partial charge in [-0.25, -0.2) is 0 Å². The van der Waals surface area contributed by atoms with Crippen molar-refractivity contribution in [2.45, 2.75) is 77.9 Å². The molecule has 4 nitrogen and oxygen atoms in total. The summed E-state index contributed by atoms with van der Waals surface area (Å²) in [6, 6.07) is 0. The van der Waals surface area contributed by atoms with Crippen LogP contribution in [0.1, 0.15) is 66.2 Å². The number of carbonyl (C=O) groups excluding carboxylic acids is 1. The van der Waals surface area contributed by atoms with Gasteiger partial charge in [0.05, 0.1) is 5.60 Å². The Morgan fingerprint density at radius 2 is 1.92 bits per heavy atom. The van der Waals surface area contributed by atoms with Gasteiger partial charge in [-0.1, -0.05) is 23.3 Å². The van der Waals surface area contributed by atoms with E-state index in [4.69, 9.17) is 0 Å². The van der Waals surface area contributed by atoms with E-state index >= 15 is 0 Å². The summed E-state index contributed by atoms with van der Waals surface area (Å²) in [4.78, 5) is 12.2. The zero-order chi connectivity index (χ0) is 18.8. The Hall–Kier alpha value is -1.39. The molecule has 0 aromatic heterocycles. The van der Waals surface area contributed by atoms with Gasteiger partial charge in [-0.05, 0) is 71.6 Å². The van der Waals surface area contributed by atoms with Gasteiger partial charge in [-0.3, -0.25) is 4.79 Å². The number of aliphatic hydroxyl groups excluding tert-OH is 2. The minimum absolute atomic E-state index is 0.101. The van der Waals surface area contributed by atoms with E-state index in [0.717, 1.165) is 12.8 Å². The normalized spacial score (nSPS) is 33.8. The van der Waals surface area contributed by atoms with Gasteiger partial charge >= 0.3 is 0 Å². The molecule has 0 aliphatic heterocycles. The highest BCUT2D eigenvalue weighted by Crippen LogP contribution is 2.47. The van der Waals surface area contributed by atoms with Crippen LogP contribution in [-0.4, -0.2) is 32.8 Å². The van der Waals surface area contributed by atoms with Gasteiger partial charge in [0, 0.05) is 12.0 Å². The number of aliphatic hydroxyl groups is 3. The highest BCUT2D eigenvalue weighted by Gasteiger charge is 2.45. The molecule has 1 fully saturated rings. The van der Waals surface area contributed by atoms with Crippen LogP contribution in [0.3, 0.4) is 0 Å². The summed E-state index contributed by atoms with van der Waals surface area (Å²) in [7, 11) is 0. The van der Waals surface area contributed by atoms with Crippen molar-refractivity contribution >= 4 is 5.78 Å². The SMILES string of the molecule is CC(C)=CC/C=C(/C)C1CCC(C)(O)C1CC1=C(O)C(O)CCC1=O. The first kappa shape index (κ1) is 19.9. The van der Waals surface area contributed by atoms with Gasteiger partial charge in [0.25, 0.3) is 0 Å². The van der Waals surface area contributed by atoms with E-state index < -0.39 is 11.7 Å². The number of Topliss-reactive ketones (excluding diaryl/α,β-unsaturated/α-hetero) is 1. The van der Waals surface area contributed by atoms with Crippen molar-refractivity contribution in [3.8, 4) is 0 Å². The van der Waals surface area contributed by atoms with E-state index in [1.807, 2.05) is 6.92 Å². The summed E-state index contributed by atoms with van der Waals surface area (Å²) < 4.78 is 0. The monoisotopic (exact) mass is 348 g/mol. The molecule has 0 amide bonds. The number of rotatable bonds is 5. The first-order chi connectivity index (χ1) is 11.6. The molecule has 3 N–H and O–H groups in total. The molecule has 2 aliphatic carbocycles. The van der Waals surface area contributed by atoms with Gasteiger partial charge in [0.15, 0.2) is 5.78 Å². The fraction of sp³-hybridized carbons (Fsp3) is 0.667. The highest BCUT2D eigenvalue weighted by atomic mass is 16.3. The van der Waals surface area contributed by atoms with E-state index in [1.54, 1.807) is 0 Å². The Bertz CT molecular complexity index is 605. The predicted octanol–water partition coefficient (Wildman–Crippen LogP) is 3.99. The maximum Gasteiger partial charge on any atom is 0.162 e. The number of carbonyl (C=O) groups is 1. The second-order valence-electron chi connectivity index (χ2n) is 8.12. The van der Waals surface area contributed by atoms with Crippen molar-refractivity contribution < 1.29 is 20.1 Å². The highest BCUT2D eigenvalue weighted by molar-refractivity contribution is 5.96. The molecule has 0 heterocycles. The molecular formula is C21H32O4. The molecule has 140 valence electrons. The van der Waals surface area contributed by atoms with Crippen molar-refractivity contribution in [2.75, 3.05) is 0 Å². The Kier molecular flexibility index (Phi) is 6.28. The minimum atomic E-state index is -0.952. The lowest BCUT2D eigenvalue weighted by atomic mass is 9.76. The predicted molar refractivity (Wildman–Crippen MR) is 99.2 cm³/mol. The van der Waals surface area contributed by atoms with Crippen molar-refractivity contribution in [1.29, 1.82) is 0 Å². The fourth-order valence-corrected chi connectivity index (χ4v) is 4.14. The van der Waals surface area contributed by atoms with Crippen LogP contribution in [0.25, 0.3) is 0 Å². The summed E-state index contributed by atoms with van der Waals surface area (Å²) >= 11 is 0. The summed E-state index contributed by atoms with van der Waals surface area (Å²) in [5.41, 5.74) is 1.94. The second-order valence-corrected chi connectivity index (χ2v) is 8.12. The molecule has 4 atom stereocenters. The third-order valence-electron chi connectivity index (χ3n) is 5.83. The third kappa shape index (κ3) is 4.62. The average Bonchev–Trinajstić information content (AvgIpc) is 2.82. The van der Waals surface area contributed by atoms with Gasteiger partial charge in [0.2, 0.25) is 0 Å². The first-order valence-corrected chi connectivity index (χ1v) is 9.29. The Balaban J connectivity index is 2.24. The molecule has 0 aromatic carbocycles. The van der Waals surface area contributed by atoms with Crippen LogP contribution in [-0.2, 0) is 4.79 Å². The summed E-state index contributed by atoms with van der Waals surface area (Å²) in [5.74, 6) is -0.228. The van der Waals surface area contributed by atoms with Crippen LogP contribution in [0.15, 0.2) is 34.6 Å². The van der Waals surface area contributed by atoms with Crippen LogP contribution in [0.4, 0.5) is 0 Å². The molecule has 2 aliphatic rings. The van der Waals surface area contributed by atoms with Gasteiger partial charge in [0.1, 0.15) is 11.9 Å². The molecule has 0 saturated heterocycles. The molecule has 1 saturated carbocycles. The molecule has 25 heavy (non-hydrogen) atoms. The van der Waals surface area contributed by atoms with E-state index in [1.165, 1.54) is 11.1 Å². The summed E-state index contributed by atoms with van der Waals surface area (Å²) in [6.07, 6.45) is 6.69. The van der Waals surface area contributed by atoms with E-state index in [2.05, 4.69) is 32.9 Å². The third-order valence-corrected chi connectivity index (χ3v) is 5.83. The standard InChI is InChI=1S/C21H32O4/c1-13(2)6-5-7-14(3)15-10-11-21(4,25)17(15)12-16-18(22)8-9-19(23)20(16)24/h6-7,15,17,19,23-25H,5,8-12H2,1-4H3/b14-7-. The number of hydrogen-bond acceptors (Lipinski definition) is 4. The Morgan fingerprint density at radius 1 is 1.24 bits per heavy atom. The van der Waals surface area contributed by atoms with Crippen LogP contribution >= 0.6 is 0 Å². The minimum Gasteiger partial charge on any atom is -0.509 e. The van der Waals surface area contributed by atoms with Crippen molar-refractivity contribution in [1.82, 2.24) is 0 Å². The number of ketones is 1. The Morgan fingerprint density at radius 3 is 2.56 bits per heavy atom. The average molecular weight is 348 g/mol. The van der Waals surface area contributed by atoms with Crippen LogP contribution in [0.5, 0.6) is 0 Å². The molecular weight excluding hydrogens is 316 g/mol. The van der Waals surface area contributed by atoms with E-state index in [-0.39, 0.29) is 36.2 Å². The van der Waals surface area contributed by atoms with Crippen LogP contribution < -0.4 is 0 Å². The number of hydrogen-bond donors (Lipinski definition) is 3. The van der Waals surface area contributed by atoms with Crippen LogP contribution in [0, 0.1) is 11.8 Å². The largest absolute Gasteiger partial charge is 0.509 e. The maximum absolute atomic E-state index is 12.2. The van der Waals surface area contributed by atoms with Crippen molar-refractivity contribution in [3.63, 3.8) is 0 Å². The van der Waals surface area contributed by atoms with Crippen molar-refractivity contribution in [2.24, 2.45) is 11.8 Å². The zero-order valence-corrected chi connectivity index (χ0v) is 15.9. The van der Waals surface area contributed by atoms with E-state index in [9.17, 15) is 20.1 Å². The fourth-order valence-electron chi connectivity index (χ4n) is 4.14. The summed E-state index contributed by atoms with van der Waals surface area (Å²) in [5, 5.41) is 30.9. The maximum atomic E-state index is 12.2. The van der Waals surface area contributed by atoms with Gasteiger partial charge in [-0.15, -0.1) is 0 Å². The molecule has 2 rings (SSSR count). The molecule has 0 spiro atoms. The quantitative estimate of drug-likeness (QED) is 0.657. The van der Waals surface area contributed by atoms with Gasteiger partial charge in [-0.2, -0.15) is 0 Å². The first-order valence-electron chi connectivity index (χ1n) is 9.29. The molecule has 0 bridgehead atoms. The molecule has 4 heteroatoms. The zero-order valence-electron chi connectivity index (χ0n) is 15.9. The van der Waals surface area contributed by atoms with Crippen LogP contribution in [0.2, 0.25) is 0 Å². The molecule has 0 aromatic rings. The number of allylic oxidation sites excluding steroid dienone is 5. The Labute approximate surface area is 151 Å². The van der Waals surface area contributed by atoms with Gasteiger partial charge < -0.3 is 15.3 Å². The summed E-state index contributed by atoms with van der Waals surface area (Å²) in [6.45, 7) is 8.05. The van der Waals surface area contributed by atoms with E-state index in [0.29, 0.717) is 18.4 Å². The lowest BCUT2D eigenvalue weighted by Gasteiger charge is -2.32. The lowest BCUT2D eigenvalue weighted by molar-refractivity contribution is -0.117.